The van der Waals surface area contributed by atoms with Gasteiger partial charge in [-0.3, -0.25) is 10.1 Å². The lowest BCUT2D eigenvalue weighted by Gasteiger charge is -2.29. The van der Waals surface area contributed by atoms with Gasteiger partial charge in [-0.15, -0.1) is 0 Å². The normalized spacial score (nSPS) is 19.7. The average Bonchev–Trinajstić information content (AvgIpc) is 3.20. The van der Waals surface area contributed by atoms with Crippen LogP contribution in [0.4, 0.5) is 4.79 Å². The summed E-state index contributed by atoms with van der Waals surface area (Å²) >= 11 is 0. The molecule has 0 radical (unpaired) electrons. The summed E-state index contributed by atoms with van der Waals surface area (Å²) in [6.45, 7) is 7.58. The van der Waals surface area contributed by atoms with Gasteiger partial charge in [-0.1, -0.05) is 74.5 Å². The fourth-order valence-corrected chi connectivity index (χ4v) is 4.40. The van der Waals surface area contributed by atoms with E-state index in [2.05, 4.69) is 10.6 Å². The number of rotatable bonds is 13. The van der Waals surface area contributed by atoms with Crippen LogP contribution in [0.5, 0.6) is 0 Å². The molecule has 10 heteroatoms. The van der Waals surface area contributed by atoms with E-state index in [9.17, 15) is 14.4 Å². The second kappa shape index (κ2) is 14.1. The van der Waals surface area contributed by atoms with Crippen LogP contribution in [0, 0.1) is 5.92 Å². The van der Waals surface area contributed by atoms with Crippen LogP contribution in [-0.4, -0.2) is 54.7 Å². The SMILES string of the molecule is CC(C)C[C@H](NC(=O)[C@@H](NCc1ccccc1)[C@@H]1OC(C)(C)O[C@H]1COC(N)=O)C(=O)OCc1ccccc1. The molecule has 1 fully saturated rings. The van der Waals surface area contributed by atoms with Gasteiger partial charge in [0.15, 0.2) is 5.79 Å². The predicted molar refractivity (Wildman–Crippen MR) is 144 cm³/mol. The quantitative estimate of drug-likeness (QED) is 0.329. The number of esters is 1. The number of carbonyl (C=O) groups is 3. The highest BCUT2D eigenvalue weighted by Gasteiger charge is 2.48. The minimum atomic E-state index is -1.05. The van der Waals surface area contributed by atoms with E-state index in [0.29, 0.717) is 13.0 Å². The summed E-state index contributed by atoms with van der Waals surface area (Å²) in [6.07, 6.45) is -2.20. The number of ether oxygens (including phenoxy) is 4. The molecule has 0 spiro atoms. The fourth-order valence-electron chi connectivity index (χ4n) is 4.40. The summed E-state index contributed by atoms with van der Waals surface area (Å²) in [5.74, 6) is -1.93. The predicted octanol–water partition coefficient (Wildman–Crippen LogP) is 3.03. The molecule has 1 aliphatic rings. The zero-order valence-electron chi connectivity index (χ0n) is 22.9. The lowest BCUT2D eigenvalue weighted by Crippen LogP contribution is -2.58. The van der Waals surface area contributed by atoms with Crippen molar-refractivity contribution in [2.45, 2.75) is 77.3 Å². The van der Waals surface area contributed by atoms with Gasteiger partial charge in [0.1, 0.15) is 37.5 Å². The first-order valence-electron chi connectivity index (χ1n) is 13.1. The molecule has 0 bridgehead atoms. The average molecular weight is 542 g/mol. The molecule has 2 aromatic rings. The van der Waals surface area contributed by atoms with Crippen LogP contribution in [0.1, 0.15) is 45.2 Å². The number of benzene rings is 2. The van der Waals surface area contributed by atoms with E-state index in [1.807, 2.05) is 74.5 Å². The number of amides is 2. The van der Waals surface area contributed by atoms with Gasteiger partial charge in [-0.2, -0.15) is 0 Å². The van der Waals surface area contributed by atoms with Gasteiger partial charge in [0.25, 0.3) is 0 Å². The number of nitrogens with two attached hydrogens (primary N) is 1. The summed E-state index contributed by atoms with van der Waals surface area (Å²) in [5, 5.41) is 6.11. The lowest BCUT2D eigenvalue weighted by molar-refractivity contribution is -0.155. The Morgan fingerprint density at radius 3 is 2.15 bits per heavy atom. The van der Waals surface area contributed by atoms with Crippen LogP contribution in [0.25, 0.3) is 0 Å². The van der Waals surface area contributed by atoms with Crippen molar-refractivity contribution < 1.29 is 33.3 Å². The van der Waals surface area contributed by atoms with Crippen LogP contribution < -0.4 is 16.4 Å². The van der Waals surface area contributed by atoms with E-state index < -0.39 is 48.0 Å². The first kappa shape index (κ1) is 30.1. The molecule has 0 aromatic heterocycles. The standard InChI is InChI=1S/C29H39N3O7/c1-19(2)15-22(27(34)36-17-21-13-9-6-10-14-21)32-26(33)24(31-16-20-11-7-5-8-12-20)25-23(18-37-28(30)35)38-29(3,4)39-25/h5-14,19,22-25,31H,15-18H2,1-4H3,(H2,30,35)(H,32,33)/t22-,23-,24-,25+/m0/s1. The van der Waals surface area contributed by atoms with Crippen molar-refractivity contribution in [3.05, 3.63) is 71.8 Å². The van der Waals surface area contributed by atoms with Gasteiger partial charge in [0, 0.05) is 6.54 Å². The second-order valence-corrected chi connectivity index (χ2v) is 10.4. The molecule has 0 aliphatic carbocycles. The zero-order valence-corrected chi connectivity index (χ0v) is 22.9. The molecule has 212 valence electrons. The monoisotopic (exact) mass is 541 g/mol. The first-order chi connectivity index (χ1) is 18.5. The van der Waals surface area contributed by atoms with Crippen LogP contribution in [-0.2, 0) is 41.7 Å². The molecular formula is C29H39N3O7. The van der Waals surface area contributed by atoms with Gasteiger partial charge in [0.2, 0.25) is 5.91 Å². The summed E-state index contributed by atoms with van der Waals surface area (Å²) < 4.78 is 22.6. The summed E-state index contributed by atoms with van der Waals surface area (Å²) in [5.41, 5.74) is 6.96. The smallest absolute Gasteiger partial charge is 0.404 e. The van der Waals surface area contributed by atoms with Gasteiger partial charge in [-0.25, -0.2) is 9.59 Å². The fraction of sp³-hybridized carbons (Fsp3) is 0.483. The Morgan fingerprint density at radius 2 is 1.56 bits per heavy atom. The molecule has 0 saturated carbocycles. The number of carbonyl (C=O) groups excluding carboxylic acids is 3. The minimum absolute atomic E-state index is 0.0973. The van der Waals surface area contributed by atoms with Gasteiger partial charge >= 0.3 is 12.1 Å². The Kier molecular flexibility index (Phi) is 10.8. The second-order valence-electron chi connectivity index (χ2n) is 10.4. The van der Waals surface area contributed by atoms with E-state index in [0.717, 1.165) is 11.1 Å². The summed E-state index contributed by atoms with van der Waals surface area (Å²) in [6, 6.07) is 17.1. The highest BCUT2D eigenvalue weighted by molar-refractivity contribution is 5.88. The number of hydrogen-bond acceptors (Lipinski definition) is 8. The third-order valence-corrected chi connectivity index (χ3v) is 6.12. The maximum absolute atomic E-state index is 13.8. The Morgan fingerprint density at radius 1 is 0.949 bits per heavy atom. The van der Waals surface area contributed by atoms with Crippen molar-refractivity contribution in [1.82, 2.24) is 10.6 Å². The van der Waals surface area contributed by atoms with Crippen molar-refractivity contribution in [3.8, 4) is 0 Å². The van der Waals surface area contributed by atoms with Gasteiger partial charge in [0.05, 0.1) is 0 Å². The van der Waals surface area contributed by atoms with Crippen molar-refractivity contribution in [2.75, 3.05) is 6.61 Å². The molecule has 4 N–H and O–H groups in total. The summed E-state index contributed by atoms with van der Waals surface area (Å²) in [7, 11) is 0. The maximum atomic E-state index is 13.8. The molecule has 3 rings (SSSR count). The van der Waals surface area contributed by atoms with E-state index in [4.69, 9.17) is 24.7 Å². The topological polar surface area (TPSA) is 138 Å². The molecule has 2 aromatic carbocycles. The molecule has 1 saturated heterocycles. The van der Waals surface area contributed by atoms with E-state index in [1.54, 1.807) is 13.8 Å². The third kappa shape index (κ3) is 9.65. The first-order valence-corrected chi connectivity index (χ1v) is 13.1. The summed E-state index contributed by atoms with van der Waals surface area (Å²) in [4.78, 5) is 38.1. The Hall–Kier alpha value is -3.47. The van der Waals surface area contributed by atoms with E-state index in [-0.39, 0.29) is 19.1 Å². The number of hydrogen-bond donors (Lipinski definition) is 3. The van der Waals surface area contributed by atoms with Crippen molar-refractivity contribution in [3.63, 3.8) is 0 Å². The molecule has 0 unspecified atom stereocenters. The largest absolute Gasteiger partial charge is 0.459 e. The Labute approximate surface area is 229 Å². The Bertz CT molecular complexity index is 1080. The number of nitrogens with one attached hydrogen (secondary N) is 2. The van der Waals surface area contributed by atoms with Crippen LogP contribution in [0.15, 0.2) is 60.7 Å². The van der Waals surface area contributed by atoms with Gasteiger partial charge < -0.3 is 30.0 Å². The van der Waals surface area contributed by atoms with Crippen molar-refractivity contribution in [1.29, 1.82) is 0 Å². The highest BCUT2D eigenvalue weighted by Crippen LogP contribution is 2.31. The van der Waals surface area contributed by atoms with Gasteiger partial charge in [-0.05, 0) is 37.3 Å². The molecule has 39 heavy (non-hydrogen) atoms. The molecule has 10 nitrogen and oxygen atoms in total. The minimum Gasteiger partial charge on any atom is -0.459 e. The highest BCUT2D eigenvalue weighted by atomic mass is 16.8. The van der Waals surface area contributed by atoms with E-state index in [1.165, 1.54) is 0 Å². The maximum Gasteiger partial charge on any atom is 0.404 e. The van der Waals surface area contributed by atoms with Crippen LogP contribution in [0.2, 0.25) is 0 Å². The van der Waals surface area contributed by atoms with E-state index >= 15 is 0 Å². The molecule has 2 amide bonds. The zero-order chi connectivity index (χ0) is 28.4. The lowest BCUT2D eigenvalue weighted by atomic mass is 10.0. The third-order valence-electron chi connectivity index (χ3n) is 6.12. The molecule has 1 aliphatic heterocycles. The molecule has 1 heterocycles. The van der Waals surface area contributed by atoms with Crippen LogP contribution in [0.3, 0.4) is 0 Å². The van der Waals surface area contributed by atoms with Crippen molar-refractivity contribution in [2.24, 2.45) is 11.7 Å². The van der Waals surface area contributed by atoms with Crippen LogP contribution >= 0.6 is 0 Å². The molecular weight excluding hydrogens is 502 g/mol. The molecule has 4 atom stereocenters. The Balaban J connectivity index is 1.79. The number of primary amides is 1. The van der Waals surface area contributed by atoms with Crippen molar-refractivity contribution >= 4 is 18.0 Å².